The minimum Gasteiger partial charge on any atom is -0.378 e. The Hall–Kier alpha value is -0.530. The predicted octanol–water partition coefficient (Wildman–Crippen LogP) is 5.12. The van der Waals surface area contributed by atoms with E-state index in [9.17, 15) is 0 Å². The fourth-order valence-corrected chi connectivity index (χ4v) is 2.98. The first-order chi connectivity index (χ1) is 9.15. The summed E-state index contributed by atoms with van der Waals surface area (Å²) >= 11 is 6.49. The molecule has 2 atom stereocenters. The molecule has 1 aliphatic heterocycles. The summed E-state index contributed by atoms with van der Waals surface area (Å²) in [6.45, 7) is 5.43. The molecule has 1 saturated heterocycles. The van der Waals surface area contributed by atoms with Gasteiger partial charge in [-0.15, -0.1) is 11.6 Å². The van der Waals surface area contributed by atoms with Gasteiger partial charge in [0, 0.05) is 6.61 Å². The van der Waals surface area contributed by atoms with E-state index in [4.69, 9.17) is 16.3 Å². The number of alkyl halides is 1. The van der Waals surface area contributed by atoms with Gasteiger partial charge in [0.2, 0.25) is 0 Å². The maximum atomic E-state index is 6.49. The largest absolute Gasteiger partial charge is 0.378 e. The quantitative estimate of drug-likeness (QED) is 0.657. The Kier molecular flexibility index (Phi) is 5.72. The average molecular weight is 281 g/mol. The van der Waals surface area contributed by atoms with Crippen molar-refractivity contribution in [2.45, 2.75) is 57.4 Å². The van der Waals surface area contributed by atoms with Crippen molar-refractivity contribution in [2.24, 2.45) is 5.92 Å². The van der Waals surface area contributed by atoms with Crippen LogP contribution in [0.2, 0.25) is 0 Å². The summed E-state index contributed by atoms with van der Waals surface area (Å²) in [4.78, 5) is 0. The second kappa shape index (κ2) is 7.31. The monoisotopic (exact) mass is 280 g/mol. The lowest BCUT2D eigenvalue weighted by atomic mass is 9.99. The second-order valence-corrected chi connectivity index (χ2v) is 6.55. The molecule has 0 aliphatic carbocycles. The van der Waals surface area contributed by atoms with E-state index in [1.807, 2.05) is 0 Å². The zero-order valence-corrected chi connectivity index (χ0v) is 12.8. The van der Waals surface area contributed by atoms with Crippen LogP contribution in [-0.2, 0) is 11.2 Å². The van der Waals surface area contributed by atoms with E-state index in [1.54, 1.807) is 0 Å². The molecule has 0 spiro atoms. The SMILES string of the molecule is CC(C)Cc1ccc(C(Cl)CCC2CCCO2)cc1. The van der Waals surface area contributed by atoms with E-state index < -0.39 is 0 Å². The van der Waals surface area contributed by atoms with Gasteiger partial charge >= 0.3 is 0 Å². The van der Waals surface area contributed by atoms with Crippen LogP contribution in [0.1, 0.15) is 56.0 Å². The second-order valence-electron chi connectivity index (χ2n) is 6.02. The van der Waals surface area contributed by atoms with E-state index >= 15 is 0 Å². The first-order valence-electron chi connectivity index (χ1n) is 7.49. The summed E-state index contributed by atoms with van der Waals surface area (Å²) in [6.07, 6.45) is 6.10. The van der Waals surface area contributed by atoms with E-state index in [2.05, 4.69) is 38.1 Å². The van der Waals surface area contributed by atoms with Crippen molar-refractivity contribution < 1.29 is 4.74 Å². The van der Waals surface area contributed by atoms with Crippen LogP contribution in [0, 0.1) is 5.92 Å². The summed E-state index contributed by atoms with van der Waals surface area (Å²) in [5.74, 6) is 0.706. The van der Waals surface area contributed by atoms with Gasteiger partial charge in [0.25, 0.3) is 0 Å². The van der Waals surface area contributed by atoms with Crippen LogP contribution in [0.5, 0.6) is 0 Å². The first kappa shape index (κ1) is 14.9. The van der Waals surface area contributed by atoms with Crippen molar-refractivity contribution >= 4 is 11.6 Å². The van der Waals surface area contributed by atoms with Crippen LogP contribution in [0.3, 0.4) is 0 Å². The van der Waals surface area contributed by atoms with Crippen LogP contribution in [0.4, 0.5) is 0 Å². The third kappa shape index (κ3) is 4.81. The molecular formula is C17H25ClO. The van der Waals surface area contributed by atoms with Crippen molar-refractivity contribution in [1.29, 1.82) is 0 Å². The number of benzene rings is 1. The molecule has 0 aromatic heterocycles. The Bertz CT molecular complexity index is 365. The molecule has 1 aliphatic rings. The van der Waals surface area contributed by atoms with Crippen molar-refractivity contribution in [1.82, 2.24) is 0 Å². The topological polar surface area (TPSA) is 9.23 Å². The van der Waals surface area contributed by atoms with Crippen molar-refractivity contribution in [2.75, 3.05) is 6.61 Å². The first-order valence-corrected chi connectivity index (χ1v) is 7.93. The predicted molar refractivity (Wildman–Crippen MR) is 81.8 cm³/mol. The lowest BCUT2D eigenvalue weighted by Crippen LogP contribution is -2.06. The van der Waals surface area contributed by atoms with E-state index in [1.165, 1.54) is 24.0 Å². The summed E-state index contributed by atoms with van der Waals surface area (Å²) in [5, 5.41) is 0.122. The lowest BCUT2D eigenvalue weighted by Gasteiger charge is -2.14. The third-order valence-corrected chi connectivity index (χ3v) is 4.22. The number of hydrogen-bond acceptors (Lipinski definition) is 1. The minimum atomic E-state index is 0.122. The Morgan fingerprint density at radius 2 is 2.00 bits per heavy atom. The van der Waals surface area contributed by atoms with Gasteiger partial charge in [-0.25, -0.2) is 0 Å². The molecule has 2 heteroatoms. The molecule has 1 heterocycles. The third-order valence-electron chi connectivity index (χ3n) is 3.75. The number of ether oxygens (including phenoxy) is 1. The summed E-state index contributed by atoms with van der Waals surface area (Å²) in [7, 11) is 0. The van der Waals surface area contributed by atoms with Gasteiger partial charge in [-0.2, -0.15) is 0 Å². The van der Waals surface area contributed by atoms with Gasteiger partial charge in [0.1, 0.15) is 0 Å². The molecule has 0 radical (unpaired) electrons. The summed E-state index contributed by atoms with van der Waals surface area (Å²) in [6, 6.07) is 8.81. The zero-order chi connectivity index (χ0) is 13.7. The van der Waals surface area contributed by atoms with Gasteiger partial charge in [0.05, 0.1) is 11.5 Å². The highest BCUT2D eigenvalue weighted by Crippen LogP contribution is 2.29. The van der Waals surface area contributed by atoms with Crippen molar-refractivity contribution in [3.63, 3.8) is 0 Å². The van der Waals surface area contributed by atoms with Gasteiger partial charge in [-0.3, -0.25) is 0 Å². The van der Waals surface area contributed by atoms with E-state index in [-0.39, 0.29) is 5.38 Å². The van der Waals surface area contributed by atoms with Gasteiger partial charge in [-0.1, -0.05) is 38.1 Å². The van der Waals surface area contributed by atoms with Gasteiger partial charge in [-0.05, 0) is 49.1 Å². The molecule has 0 bridgehead atoms. The molecule has 1 nitrogen and oxygen atoms in total. The Morgan fingerprint density at radius 3 is 2.58 bits per heavy atom. The normalized spacial score (nSPS) is 20.9. The van der Waals surface area contributed by atoms with Gasteiger partial charge < -0.3 is 4.74 Å². The minimum absolute atomic E-state index is 0.122. The molecular weight excluding hydrogens is 256 g/mol. The maximum absolute atomic E-state index is 6.49. The van der Waals surface area contributed by atoms with Crippen LogP contribution in [0.15, 0.2) is 24.3 Å². The number of halogens is 1. The Balaban J connectivity index is 1.82. The Labute approximate surface area is 122 Å². The molecule has 2 unspecified atom stereocenters. The fraction of sp³-hybridized carbons (Fsp3) is 0.647. The van der Waals surface area contributed by atoms with Crippen LogP contribution >= 0.6 is 11.6 Å². The maximum Gasteiger partial charge on any atom is 0.0586 e. The molecule has 0 N–H and O–H groups in total. The molecule has 0 saturated carbocycles. The molecule has 1 aromatic rings. The van der Waals surface area contributed by atoms with Gasteiger partial charge in [0.15, 0.2) is 0 Å². The highest BCUT2D eigenvalue weighted by atomic mass is 35.5. The highest BCUT2D eigenvalue weighted by Gasteiger charge is 2.17. The molecule has 2 rings (SSSR count). The number of hydrogen-bond donors (Lipinski definition) is 0. The van der Waals surface area contributed by atoms with Crippen LogP contribution in [-0.4, -0.2) is 12.7 Å². The fourth-order valence-electron chi connectivity index (χ4n) is 2.70. The van der Waals surface area contributed by atoms with Crippen molar-refractivity contribution in [3.8, 4) is 0 Å². The molecule has 0 amide bonds. The van der Waals surface area contributed by atoms with Crippen LogP contribution in [0.25, 0.3) is 0 Å². The smallest absolute Gasteiger partial charge is 0.0586 e. The average Bonchev–Trinajstić information content (AvgIpc) is 2.89. The molecule has 106 valence electrons. The standard InChI is InChI=1S/C17H25ClO/c1-13(2)12-14-5-7-15(8-6-14)17(18)10-9-16-4-3-11-19-16/h5-8,13,16-17H,3-4,9-12H2,1-2H3. The highest BCUT2D eigenvalue weighted by molar-refractivity contribution is 6.20. The van der Waals surface area contributed by atoms with E-state index in [0.29, 0.717) is 12.0 Å². The lowest BCUT2D eigenvalue weighted by molar-refractivity contribution is 0.102. The summed E-state index contributed by atoms with van der Waals surface area (Å²) < 4.78 is 5.64. The Morgan fingerprint density at radius 1 is 1.26 bits per heavy atom. The number of rotatable bonds is 6. The zero-order valence-electron chi connectivity index (χ0n) is 12.1. The van der Waals surface area contributed by atoms with E-state index in [0.717, 1.165) is 25.9 Å². The van der Waals surface area contributed by atoms with Crippen LogP contribution < -0.4 is 0 Å². The molecule has 19 heavy (non-hydrogen) atoms. The molecule has 1 fully saturated rings. The molecule has 1 aromatic carbocycles. The van der Waals surface area contributed by atoms with Crippen molar-refractivity contribution in [3.05, 3.63) is 35.4 Å². The summed E-state index contributed by atoms with van der Waals surface area (Å²) in [5.41, 5.74) is 2.65.